The molecule has 0 radical (unpaired) electrons. The zero-order chi connectivity index (χ0) is 16.8. The Kier molecular flexibility index (Phi) is 6.12. The van der Waals surface area contributed by atoms with E-state index in [1.165, 1.54) is 5.56 Å². The molecule has 0 spiro atoms. The fraction of sp³-hybridized carbons (Fsp3) is 0.529. The third kappa shape index (κ3) is 4.53. The predicted molar refractivity (Wildman–Crippen MR) is 87.7 cm³/mol. The SMILES string of the molecule is NCCC(CC(N)C(=O)O)C(=O)NC1CCCc2ccccc21. The summed E-state index contributed by atoms with van der Waals surface area (Å²) in [7, 11) is 0. The molecule has 6 heteroatoms. The second kappa shape index (κ2) is 8.08. The van der Waals surface area contributed by atoms with E-state index in [4.69, 9.17) is 16.6 Å². The summed E-state index contributed by atoms with van der Waals surface area (Å²) in [5, 5.41) is 12.0. The molecule has 0 saturated carbocycles. The minimum absolute atomic E-state index is 0.0197. The molecule has 0 aliphatic heterocycles. The Morgan fingerprint density at radius 1 is 1.35 bits per heavy atom. The number of carboxylic acids is 1. The van der Waals surface area contributed by atoms with Crippen LogP contribution in [0.15, 0.2) is 24.3 Å². The number of carboxylic acid groups (broad SMARTS) is 1. The zero-order valence-electron chi connectivity index (χ0n) is 13.2. The van der Waals surface area contributed by atoms with Crippen LogP contribution in [-0.2, 0) is 16.0 Å². The third-order valence-corrected chi connectivity index (χ3v) is 4.43. The lowest BCUT2D eigenvalue weighted by Gasteiger charge is -2.28. The summed E-state index contributed by atoms with van der Waals surface area (Å²) < 4.78 is 0. The average molecular weight is 319 g/mol. The zero-order valence-corrected chi connectivity index (χ0v) is 13.2. The molecule has 1 aromatic carbocycles. The molecular weight excluding hydrogens is 294 g/mol. The largest absolute Gasteiger partial charge is 0.480 e. The number of benzene rings is 1. The highest BCUT2D eigenvalue weighted by Gasteiger charge is 2.27. The van der Waals surface area contributed by atoms with Gasteiger partial charge in [-0.1, -0.05) is 24.3 Å². The fourth-order valence-electron chi connectivity index (χ4n) is 3.16. The summed E-state index contributed by atoms with van der Waals surface area (Å²) in [5.41, 5.74) is 13.6. The van der Waals surface area contributed by atoms with Crippen molar-refractivity contribution in [2.75, 3.05) is 6.54 Å². The van der Waals surface area contributed by atoms with Crippen LogP contribution >= 0.6 is 0 Å². The van der Waals surface area contributed by atoms with Crippen molar-refractivity contribution in [3.63, 3.8) is 0 Å². The van der Waals surface area contributed by atoms with Crippen molar-refractivity contribution in [2.45, 2.75) is 44.2 Å². The number of nitrogens with one attached hydrogen (secondary N) is 1. The Balaban J connectivity index is 2.05. The number of hydrogen-bond acceptors (Lipinski definition) is 4. The first-order valence-corrected chi connectivity index (χ1v) is 8.09. The lowest BCUT2D eigenvalue weighted by Crippen LogP contribution is -2.41. The van der Waals surface area contributed by atoms with E-state index in [1.54, 1.807) is 0 Å². The Hall–Kier alpha value is -1.92. The molecule has 6 nitrogen and oxygen atoms in total. The smallest absolute Gasteiger partial charge is 0.320 e. The van der Waals surface area contributed by atoms with E-state index in [-0.39, 0.29) is 18.4 Å². The van der Waals surface area contributed by atoms with Crippen molar-refractivity contribution < 1.29 is 14.7 Å². The highest BCUT2D eigenvalue weighted by atomic mass is 16.4. The molecule has 0 aromatic heterocycles. The van der Waals surface area contributed by atoms with Crippen LogP contribution in [0.1, 0.15) is 42.9 Å². The number of aryl methyl sites for hydroxylation is 1. The monoisotopic (exact) mass is 319 g/mol. The van der Waals surface area contributed by atoms with Gasteiger partial charge in [-0.25, -0.2) is 0 Å². The Morgan fingerprint density at radius 2 is 2.09 bits per heavy atom. The minimum Gasteiger partial charge on any atom is -0.480 e. The summed E-state index contributed by atoms with van der Waals surface area (Å²) in [5.74, 6) is -1.73. The van der Waals surface area contributed by atoms with Gasteiger partial charge in [0.05, 0.1) is 6.04 Å². The summed E-state index contributed by atoms with van der Waals surface area (Å²) >= 11 is 0. The molecule has 6 N–H and O–H groups in total. The summed E-state index contributed by atoms with van der Waals surface area (Å²) in [4.78, 5) is 23.5. The summed E-state index contributed by atoms with van der Waals surface area (Å²) in [6.07, 6.45) is 3.48. The quantitative estimate of drug-likeness (QED) is 0.596. The molecule has 1 aliphatic carbocycles. The van der Waals surface area contributed by atoms with Crippen molar-refractivity contribution in [3.05, 3.63) is 35.4 Å². The predicted octanol–water partition coefficient (Wildman–Crippen LogP) is 0.947. The van der Waals surface area contributed by atoms with Crippen LogP contribution < -0.4 is 16.8 Å². The number of nitrogens with two attached hydrogens (primary N) is 2. The molecule has 2 rings (SSSR count). The summed E-state index contributed by atoms with van der Waals surface area (Å²) in [6.45, 7) is 0.325. The molecule has 1 amide bonds. The molecule has 1 aromatic rings. The molecular formula is C17H25N3O3. The molecule has 126 valence electrons. The number of carbonyl (C=O) groups is 2. The maximum absolute atomic E-state index is 12.6. The number of carbonyl (C=O) groups excluding carboxylic acids is 1. The molecule has 23 heavy (non-hydrogen) atoms. The van der Waals surface area contributed by atoms with Crippen LogP contribution in [0, 0.1) is 5.92 Å². The van der Waals surface area contributed by atoms with Crippen LogP contribution in [0.5, 0.6) is 0 Å². The van der Waals surface area contributed by atoms with E-state index in [2.05, 4.69) is 11.4 Å². The van der Waals surface area contributed by atoms with Gasteiger partial charge in [0.25, 0.3) is 0 Å². The second-order valence-corrected chi connectivity index (χ2v) is 6.11. The van der Waals surface area contributed by atoms with Gasteiger partial charge in [-0.05, 0) is 49.8 Å². The van der Waals surface area contributed by atoms with Gasteiger partial charge in [-0.2, -0.15) is 0 Å². The van der Waals surface area contributed by atoms with Gasteiger partial charge in [0.15, 0.2) is 0 Å². The van der Waals surface area contributed by atoms with Gasteiger partial charge in [0.1, 0.15) is 6.04 Å². The minimum atomic E-state index is -1.09. The maximum atomic E-state index is 12.6. The normalized spacial score (nSPS) is 19.5. The first-order valence-electron chi connectivity index (χ1n) is 8.09. The third-order valence-electron chi connectivity index (χ3n) is 4.43. The number of fused-ring (bicyclic) bond motifs is 1. The first-order chi connectivity index (χ1) is 11.0. The highest BCUT2D eigenvalue weighted by Crippen LogP contribution is 2.30. The molecule has 3 atom stereocenters. The van der Waals surface area contributed by atoms with Crippen molar-refractivity contribution in [1.29, 1.82) is 0 Å². The van der Waals surface area contributed by atoms with Crippen LogP contribution in [0.2, 0.25) is 0 Å². The Morgan fingerprint density at radius 3 is 2.78 bits per heavy atom. The van der Waals surface area contributed by atoms with E-state index < -0.39 is 17.9 Å². The molecule has 1 aliphatic rings. The fourth-order valence-corrected chi connectivity index (χ4v) is 3.16. The van der Waals surface area contributed by atoms with Gasteiger partial charge in [-0.3, -0.25) is 9.59 Å². The van der Waals surface area contributed by atoms with E-state index in [0.29, 0.717) is 13.0 Å². The van der Waals surface area contributed by atoms with E-state index in [1.807, 2.05) is 18.2 Å². The number of hydrogen-bond donors (Lipinski definition) is 4. The van der Waals surface area contributed by atoms with Gasteiger partial charge >= 0.3 is 5.97 Å². The van der Waals surface area contributed by atoms with Crippen molar-refractivity contribution in [3.8, 4) is 0 Å². The second-order valence-electron chi connectivity index (χ2n) is 6.11. The van der Waals surface area contributed by atoms with Crippen molar-refractivity contribution in [1.82, 2.24) is 5.32 Å². The first kappa shape index (κ1) is 17.4. The van der Waals surface area contributed by atoms with Crippen LogP contribution in [0.25, 0.3) is 0 Å². The average Bonchev–Trinajstić information content (AvgIpc) is 2.54. The molecule has 0 bridgehead atoms. The van der Waals surface area contributed by atoms with E-state index >= 15 is 0 Å². The number of aliphatic carboxylic acids is 1. The van der Waals surface area contributed by atoms with Gasteiger partial charge < -0.3 is 21.9 Å². The molecule has 0 fully saturated rings. The van der Waals surface area contributed by atoms with Gasteiger partial charge in [0.2, 0.25) is 5.91 Å². The van der Waals surface area contributed by atoms with Crippen LogP contribution in [-0.4, -0.2) is 29.6 Å². The van der Waals surface area contributed by atoms with E-state index in [0.717, 1.165) is 24.8 Å². The molecule has 3 unspecified atom stereocenters. The van der Waals surface area contributed by atoms with Crippen LogP contribution in [0.3, 0.4) is 0 Å². The van der Waals surface area contributed by atoms with Gasteiger partial charge in [-0.15, -0.1) is 0 Å². The lowest BCUT2D eigenvalue weighted by atomic mass is 9.87. The maximum Gasteiger partial charge on any atom is 0.320 e. The van der Waals surface area contributed by atoms with Gasteiger partial charge in [0, 0.05) is 5.92 Å². The molecule has 0 saturated heterocycles. The molecule has 0 heterocycles. The standard InChI is InChI=1S/C17H25N3O3/c18-9-8-12(10-14(19)17(22)23)16(21)20-15-7-3-5-11-4-1-2-6-13(11)15/h1-2,4,6,12,14-15H,3,5,7-10,18-19H2,(H,20,21)(H,22,23). The number of rotatable bonds is 7. The summed E-state index contributed by atoms with van der Waals surface area (Å²) in [6, 6.07) is 7.04. The van der Waals surface area contributed by atoms with Crippen molar-refractivity contribution >= 4 is 11.9 Å². The lowest BCUT2D eigenvalue weighted by molar-refractivity contribution is -0.139. The Bertz CT molecular complexity index is 562. The van der Waals surface area contributed by atoms with Crippen molar-refractivity contribution in [2.24, 2.45) is 17.4 Å². The van der Waals surface area contributed by atoms with Crippen LogP contribution in [0.4, 0.5) is 0 Å². The topological polar surface area (TPSA) is 118 Å². The highest BCUT2D eigenvalue weighted by molar-refractivity contribution is 5.81. The number of amides is 1. The Labute approximate surface area is 136 Å². The van der Waals surface area contributed by atoms with E-state index in [9.17, 15) is 9.59 Å².